The highest BCUT2D eigenvalue weighted by atomic mass is 35.6. The Morgan fingerprint density at radius 1 is 0.430 bits per heavy atom. The Kier molecular flexibility index (Phi) is 30.3. The van der Waals surface area contributed by atoms with Gasteiger partial charge in [0.2, 0.25) is 0 Å². The zero-order valence-electron chi connectivity index (χ0n) is 56.5. The van der Waals surface area contributed by atoms with Gasteiger partial charge >= 0.3 is 17.9 Å². The van der Waals surface area contributed by atoms with Gasteiger partial charge in [-0.05, 0) is 41.7 Å². The molecule has 9 rings (SSSR count). The third kappa shape index (κ3) is 22.1. The standard InChI is InChI=1S/C74H88Cl3NO22/c1-9-36-85-58-45(3)93-72(67(63(58)86-37-10-2)99-69-57(78-73(82)74(75,76)77)62(95-49(7)81)61(94-48(6)80)56(96-69)44-87-47(5)79)100-68-65(59(46(4)92-70(68)83-8)88-39-51-28-18-12-19-29-51)98-71-66(91-42-54-34-24-15-25-35-54)64(90-41-53-32-22-14-23-33-53)60(89-40-52-30-20-13-21-31-52)55(97-71)43-84-38-50-26-16-11-17-27-50/h9-35,45-46,55-72H,1-2,36-44H2,3-8H3,(H,78,82)/t45-,46-,55+,56+,57+,58-,59-,60+,61+,62+,63+,64-,65+,66+,67+,68+,69-,70+,71+,72-/m0/s1. The number of esters is 3. The summed E-state index contributed by atoms with van der Waals surface area (Å²) in [6.07, 6.45) is -21.2. The number of hydrogen-bond acceptors (Lipinski definition) is 22. The molecule has 4 fully saturated rings. The van der Waals surface area contributed by atoms with Crippen LogP contribution in [-0.4, -0.2) is 184 Å². The molecule has 23 nitrogen and oxygen atoms in total. The highest BCUT2D eigenvalue weighted by Crippen LogP contribution is 2.41. The molecule has 5 aromatic rings. The summed E-state index contributed by atoms with van der Waals surface area (Å²) in [7, 11) is 1.43. The molecule has 0 spiro atoms. The Balaban J connectivity index is 1.19. The van der Waals surface area contributed by atoms with Gasteiger partial charge in [0.1, 0.15) is 79.8 Å². The predicted octanol–water partition coefficient (Wildman–Crippen LogP) is 9.71. The van der Waals surface area contributed by atoms with Crippen LogP contribution in [0.5, 0.6) is 0 Å². The largest absolute Gasteiger partial charge is 0.463 e. The number of ether oxygens (including phenoxy) is 18. The van der Waals surface area contributed by atoms with E-state index in [2.05, 4.69) is 18.5 Å². The molecule has 0 radical (unpaired) electrons. The zero-order valence-corrected chi connectivity index (χ0v) is 58.8. The van der Waals surface area contributed by atoms with E-state index in [4.69, 9.17) is 120 Å². The minimum atomic E-state index is -2.65. The van der Waals surface area contributed by atoms with Gasteiger partial charge < -0.3 is 90.6 Å². The summed E-state index contributed by atoms with van der Waals surface area (Å²) in [6.45, 7) is 14.5. The first-order valence-electron chi connectivity index (χ1n) is 33.0. The lowest BCUT2D eigenvalue weighted by atomic mass is 9.94. The molecule has 0 bridgehead atoms. The fourth-order valence-corrected chi connectivity index (χ4v) is 12.4. The minimum Gasteiger partial charge on any atom is -0.463 e. The Bertz CT molecular complexity index is 3310. The monoisotopic (exact) mass is 1450 g/mol. The molecule has 0 unspecified atom stereocenters. The number of carbonyl (C=O) groups is 4. The predicted molar refractivity (Wildman–Crippen MR) is 364 cm³/mol. The van der Waals surface area contributed by atoms with E-state index in [-0.39, 0.29) is 52.9 Å². The zero-order chi connectivity index (χ0) is 71.1. The summed E-state index contributed by atoms with van der Waals surface area (Å²) < 4.78 is 119. The average molecular weight is 1450 g/mol. The summed E-state index contributed by atoms with van der Waals surface area (Å²) in [6, 6.07) is 46.6. The third-order valence-electron chi connectivity index (χ3n) is 16.8. The first-order valence-corrected chi connectivity index (χ1v) is 34.1. The van der Waals surface area contributed by atoms with Gasteiger partial charge in [-0.2, -0.15) is 0 Å². The van der Waals surface area contributed by atoms with Crippen LogP contribution in [0.2, 0.25) is 0 Å². The summed E-state index contributed by atoms with van der Waals surface area (Å²) in [5.74, 6) is -3.80. The van der Waals surface area contributed by atoms with Crippen molar-refractivity contribution < 1.29 is 104 Å². The maximum atomic E-state index is 14.0. The van der Waals surface area contributed by atoms with E-state index in [1.54, 1.807) is 6.92 Å². The van der Waals surface area contributed by atoms with Crippen molar-refractivity contribution in [3.8, 4) is 0 Å². The number of benzene rings is 5. The summed E-state index contributed by atoms with van der Waals surface area (Å²) in [4.78, 5) is 52.7. The second-order valence-corrected chi connectivity index (χ2v) is 26.5. The number of methoxy groups -OCH3 is 1. The molecule has 1 N–H and O–H groups in total. The molecule has 26 heteroatoms. The second kappa shape index (κ2) is 38.8. The van der Waals surface area contributed by atoms with E-state index in [1.165, 1.54) is 19.3 Å². The highest BCUT2D eigenvalue weighted by molar-refractivity contribution is 6.76. The van der Waals surface area contributed by atoms with Crippen molar-refractivity contribution in [2.75, 3.05) is 33.5 Å². The third-order valence-corrected chi connectivity index (χ3v) is 17.3. The van der Waals surface area contributed by atoms with Crippen LogP contribution in [-0.2, 0) is 137 Å². The molecule has 100 heavy (non-hydrogen) atoms. The van der Waals surface area contributed by atoms with Crippen molar-refractivity contribution in [3.63, 3.8) is 0 Å². The Labute approximate surface area is 597 Å². The van der Waals surface area contributed by atoms with Crippen molar-refractivity contribution in [1.29, 1.82) is 0 Å². The molecule has 0 aliphatic carbocycles. The topological polar surface area (TPSA) is 246 Å². The summed E-state index contributed by atoms with van der Waals surface area (Å²) in [5.41, 5.74) is 4.31. The van der Waals surface area contributed by atoms with Crippen LogP contribution in [0.3, 0.4) is 0 Å². The van der Waals surface area contributed by atoms with Gasteiger partial charge in [0.05, 0.1) is 65.1 Å². The van der Waals surface area contributed by atoms with E-state index in [9.17, 15) is 19.2 Å². The van der Waals surface area contributed by atoms with Crippen molar-refractivity contribution in [3.05, 3.63) is 205 Å². The van der Waals surface area contributed by atoms with Gasteiger partial charge in [-0.1, -0.05) is 199 Å². The lowest BCUT2D eigenvalue weighted by Gasteiger charge is -2.52. The number of nitrogens with one attached hydrogen (secondary N) is 1. The van der Waals surface area contributed by atoms with Gasteiger partial charge in [-0.15, -0.1) is 13.2 Å². The van der Waals surface area contributed by atoms with Crippen molar-refractivity contribution >= 4 is 58.6 Å². The maximum Gasteiger partial charge on any atom is 0.303 e. The molecule has 0 saturated carbocycles. The highest BCUT2D eigenvalue weighted by Gasteiger charge is 2.59. The number of carbonyl (C=O) groups excluding carboxylic acids is 4. The van der Waals surface area contributed by atoms with Crippen LogP contribution in [0.1, 0.15) is 62.4 Å². The van der Waals surface area contributed by atoms with Crippen LogP contribution in [0.25, 0.3) is 0 Å². The minimum absolute atomic E-state index is 0.0205. The molecule has 542 valence electrons. The number of rotatable bonds is 34. The first kappa shape index (κ1) is 77.9. The van der Waals surface area contributed by atoms with Crippen LogP contribution in [0, 0.1) is 0 Å². The fourth-order valence-electron chi connectivity index (χ4n) is 12.2. The normalized spacial score (nSPS) is 29.9. The smallest absolute Gasteiger partial charge is 0.303 e. The molecule has 0 aromatic heterocycles. The fraction of sp³-hybridized carbons (Fsp3) is 0.486. The van der Waals surface area contributed by atoms with Gasteiger partial charge in [-0.3, -0.25) is 19.2 Å². The molecular weight excluding hydrogens is 1360 g/mol. The summed E-state index contributed by atoms with van der Waals surface area (Å²) in [5, 5.41) is 2.57. The van der Waals surface area contributed by atoms with Gasteiger partial charge in [-0.25, -0.2) is 0 Å². The van der Waals surface area contributed by atoms with Crippen molar-refractivity contribution in [2.45, 2.75) is 194 Å². The SMILES string of the molecule is C=CCO[C@@H]1[C@@H](OCC=C)[C@H](C)O[C@@H](O[C@H]2[C@H](OC)O[C@@H](C)[C@H](OCc3ccccc3)[C@H]2O[C@H]2O[C@H](COCc3ccccc3)[C@@H](OCc3ccccc3)[C@H](OCc3ccccc3)[C@H]2OCc2ccccc2)[C@@H]1O[C@@H]1O[C@H](COC(C)=O)[C@@H](OC(C)=O)[C@H](OC(C)=O)[C@H]1NC(=O)C(Cl)(Cl)Cl. The molecule has 4 aliphatic rings. The van der Waals surface area contributed by atoms with Crippen molar-refractivity contribution in [2.24, 2.45) is 0 Å². The summed E-state index contributed by atoms with van der Waals surface area (Å²) >= 11 is 18.7. The molecule has 20 atom stereocenters. The molecular formula is C74H88Cl3NO22. The number of alkyl halides is 3. The van der Waals surface area contributed by atoms with E-state index < -0.39 is 157 Å². The van der Waals surface area contributed by atoms with E-state index >= 15 is 0 Å². The van der Waals surface area contributed by atoms with Crippen LogP contribution < -0.4 is 5.32 Å². The Morgan fingerprint density at radius 2 is 0.810 bits per heavy atom. The number of amides is 1. The lowest BCUT2D eigenvalue weighted by Crippen LogP contribution is -2.70. The second-order valence-electron chi connectivity index (χ2n) is 24.2. The van der Waals surface area contributed by atoms with Gasteiger partial charge in [0.15, 0.2) is 37.4 Å². The molecule has 1 amide bonds. The maximum absolute atomic E-state index is 14.0. The molecule has 4 saturated heterocycles. The van der Waals surface area contributed by atoms with E-state index in [0.717, 1.165) is 48.6 Å². The molecule has 5 aromatic carbocycles. The first-order chi connectivity index (χ1) is 48.3. The van der Waals surface area contributed by atoms with Gasteiger partial charge in [0.25, 0.3) is 9.70 Å². The lowest BCUT2D eigenvalue weighted by molar-refractivity contribution is -0.405. The average Bonchev–Trinajstić information content (AvgIpc) is 0.765. The number of halogens is 3. The molecule has 4 aliphatic heterocycles. The van der Waals surface area contributed by atoms with E-state index in [1.807, 2.05) is 159 Å². The Hall–Kier alpha value is -6.27. The van der Waals surface area contributed by atoms with Crippen LogP contribution in [0.4, 0.5) is 0 Å². The van der Waals surface area contributed by atoms with E-state index in [0.29, 0.717) is 0 Å². The van der Waals surface area contributed by atoms with Crippen LogP contribution in [0.15, 0.2) is 177 Å². The molecule has 4 heterocycles. The Morgan fingerprint density at radius 3 is 1.29 bits per heavy atom. The van der Waals surface area contributed by atoms with Crippen LogP contribution >= 0.6 is 34.8 Å². The quantitative estimate of drug-likeness (QED) is 0.0174. The van der Waals surface area contributed by atoms with Crippen molar-refractivity contribution in [1.82, 2.24) is 5.32 Å². The van der Waals surface area contributed by atoms with Gasteiger partial charge in [0, 0.05) is 27.9 Å². The number of hydrogen-bond donors (Lipinski definition) is 1.